The van der Waals surface area contributed by atoms with Crippen molar-refractivity contribution in [1.29, 1.82) is 0 Å². The fraction of sp³-hybridized carbons (Fsp3) is 0.267. The normalized spacial score (nSPS) is 18.2. The van der Waals surface area contributed by atoms with E-state index >= 15 is 0 Å². The molecule has 0 radical (unpaired) electrons. The van der Waals surface area contributed by atoms with Gasteiger partial charge in [0.1, 0.15) is 0 Å². The minimum atomic E-state index is -0.961. The smallest absolute Gasteiger partial charge is 0.404 e. The first-order valence-electron chi connectivity index (χ1n) is 5.99. The van der Waals surface area contributed by atoms with Gasteiger partial charge in [0.15, 0.2) is 0 Å². The number of carboxylic acid groups (broad SMARTS) is 1. The van der Waals surface area contributed by atoms with Crippen molar-refractivity contribution in [3.05, 3.63) is 47.5 Å². The second-order valence-electron chi connectivity index (χ2n) is 4.27. The first-order chi connectivity index (χ1) is 8.74. The lowest BCUT2D eigenvalue weighted by atomic mass is 9.95. The highest BCUT2D eigenvalue weighted by atomic mass is 16.4. The minimum Gasteiger partial charge on any atom is -0.465 e. The van der Waals surface area contributed by atoms with Gasteiger partial charge in [0.25, 0.3) is 0 Å². The van der Waals surface area contributed by atoms with Gasteiger partial charge >= 0.3 is 6.09 Å². The van der Waals surface area contributed by atoms with Crippen LogP contribution < -0.4 is 5.32 Å². The summed E-state index contributed by atoms with van der Waals surface area (Å²) >= 11 is 0. The van der Waals surface area contributed by atoms with Crippen LogP contribution in [0.4, 0.5) is 4.79 Å². The summed E-state index contributed by atoms with van der Waals surface area (Å²) < 4.78 is 0. The standard InChI is InChI=1S/C15H15NO2/c17-15(18)16-14-8-4-7-13(11-14)10-9-12-5-2-1-3-6-12/h1-3,5-7,14,16H,4,8,11H2,(H,17,18). The molecule has 0 heterocycles. The summed E-state index contributed by atoms with van der Waals surface area (Å²) in [7, 11) is 0. The molecule has 0 spiro atoms. The second-order valence-corrected chi connectivity index (χ2v) is 4.27. The van der Waals surface area contributed by atoms with Gasteiger partial charge < -0.3 is 10.4 Å². The van der Waals surface area contributed by atoms with Crippen molar-refractivity contribution in [2.75, 3.05) is 0 Å². The Morgan fingerprint density at radius 1 is 1.28 bits per heavy atom. The molecule has 0 aliphatic heterocycles. The molecule has 3 heteroatoms. The van der Waals surface area contributed by atoms with Crippen LogP contribution in [0, 0.1) is 11.8 Å². The van der Waals surface area contributed by atoms with E-state index in [-0.39, 0.29) is 6.04 Å². The lowest BCUT2D eigenvalue weighted by Crippen LogP contribution is -2.34. The highest BCUT2D eigenvalue weighted by Crippen LogP contribution is 2.17. The Bertz CT molecular complexity index is 508. The molecule has 1 amide bonds. The van der Waals surface area contributed by atoms with Crippen LogP contribution in [-0.4, -0.2) is 17.2 Å². The van der Waals surface area contributed by atoms with E-state index in [9.17, 15) is 4.79 Å². The van der Waals surface area contributed by atoms with Gasteiger partial charge in [0.2, 0.25) is 0 Å². The predicted molar refractivity (Wildman–Crippen MR) is 70.2 cm³/mol. The number of hydrogen-bond donors (Lipinski definition) is 2. The number of rotatable bonds is 1. The van der Waals surface area contributed by atoms with Crippen molar-refractivity contribution in [3.63, 3.8) is 0 Å². The molecule has 0 aromatic heterocycles. The van der Waals surface area contributed by atoms with Crippen molar-refractivity contribution < 1.29 is 9.90 Å². The molecule has 2 N–H and O–H groups in total. The van der Waals surface area contributed by atoms with Crippen LogP contribution >= 0.6 is 0 Å². The molecule has 1 unspecified atom stereocenters. The van der Waals surface area contributed by atoms with E-state index in [2.05, 4.69) is 23.2 Å². The van der Waals surface area contributed by atoms with Gasteiger partial charge in [-0.2, -0.15) is 0 Å². The van der Waals surface area contributed by atoms with E-state index in [0.717, 1.165) is 24.0 Å². The Morgan fingerprint density at radius 2 is 2.06 bits per heavy atom. The third-order valence-electron chi connectivity index (χ3n) is 2.84. The zero-order valence-electron chi connectivity index (χ0n) is 10.0. The molecule has 1 atom stereocenters. The fourth-order valence-corrected chi connectivity index (χ4v) is 1.98. The van der Waals surface area contributed by atoms with Crippen molar-refractivity contribution >= 4 is 6.09 Å². The average molecular weight is 241 g/mol. The second kappa shape index (κ2) is 5.92. The van der Waals surface area contributed by atoms with E-state index in [4.69, 9.17) is 5.11 Å². The molecule has 0 bridgehead atoms. The van der Waals surface area contributed by atoms with E-state index in [1.165, 1.54) is 0 Å². The van der Waals surface area contributed by atoms with Crippen LogP contribution in [0.5, 0.6) is 0 Å². The summed E-state index contributed by atoms with van der Waals surface area (Å²) in [6.07, 6.45) is 3.55. The molecule has 1 aliphatic carbocycles. The number of hydrogen-bond acceptors (Lipinski definition) is 1. The van der Waals surface area contributed by atoms with Crippen molar-refractivity contribution in [2.24, 2.45) is 0 Å². The molecule has 0 saturated heterocycles. The summed E-state index contributed by atoms with van der Waals surface area (Å²) in [5.74, 6) is 6.21. The average Bonchev–Trinajstić information content (AvgIpc) is 2.37. The zero-order valence-corrected chi connectivity index (χ0v) is 10.0. The molecule has 1 aromatic rings. The van der Waals surface area contributed by atoms with Gasteiger partial charge in [-0.1, -0.05) is 36.1 Å². The molecule has 92 valence electrons. The van der Waals surface area contributed by atoms with E-state index < -0.39 is 6.09 Å². The van der Waals surface area contributed by atoms with Gasteiger partial charge in [-0.25, -0.2) is 4.79 Å². The van der Waals surface area contributed by atoms with Crippen molar-refractivity contribution in [1.82, 2.24) is 5.32 Å². The topological polar surface area (TPSA) is 49.3 Å². The Labute approximate surface area is 107 Å². The lowest BCUT2D eigenvalue weighted by molar-refractivity contribution is 0.189. The summed E-state index contributed by atoms with van der Waals surface area (Å²) in [5, 5.41) is 11.2. The highest BCUT2D eigenvalue weighted by molar-refractivity contribution is 5.65. The highest BCUT2D eigenvalue weighted by Gasteiger charge is 2.15. The minimum absolute atomic E-state index is 0.00688. The summed E-state index contributed by atoms with van der Waals surface area (Å²) in [4.78, 5) is 10.6. The number of amides is 1. The van der Waals surface area contributed by atoms with E-state index in [1.807, 2.05) is 30.3 Å². The van der Waals surface area contributed by atoms with Crippen LogP contribution in [0.3, 0.4) is 0 Å². The molecule has 1 aliphatic rings. The summed E-state index contributed by atoms with van der Waals surface area (Å²) in [6, 6.07) is 9.78. The molecule has 2 rings (SSSR count). The Morgan fingerprint density at radius 3 is 2.78 bits per heavy atom. The quantitative estimate of drug-likeness (QED) is 0.743. The Balaban J connectivity index is 2.00. The number of nitrogens with one attached hydrogen (secondary N) is 1. The summed E-state index contributed by atoms with van der Waals surface area (Å²) in [5.41, 5.74) is 2.00. The Kier molecular flexibility index (Phi) is 4.03. The van der Waals surface area contributed by atoms with Gasteiger partial charge in [0, 0.05) is 23.6 Å². The third kappa shape index (κ3) is 3.67. The molecule has 3 nitrogen and oxygen atoms in total. The van der Waals surface area contributed by atoms with Crippen molar-refractivity contribution in [2.45, 2.75) is 25.3 Å². The monoisotopic (exact) mass is 241 g/mol. The van der Waals surface area contributed by atoms with Gasteiger partial charge in [-0.3, -0.25) is 0 Å². The van der Waals surface area contributed by atoms with Crippen LogP contribution in [-0.2, 0) is 0 Å². The first-order valence-corrected chi connectivity index (χ1v) is 5.99. The maximum absolute atomic E-state index is 10.6. The van der Waals surface area contributed by atoms with E-state index in [1.54, 1.807) is 0 Å². The van der Waals surface area contributed by atoms with Gasteiger partial charge in [-0.05, 0) is 25.0 Å². The first kappa shape index (κ1) is 12.3. The van der Waals surface area contributed by atoms with Crippen LogP contribution in [0.2, 0.25) is 0 Å². The van der Waals surface area contributed by atoms with Crippen LogP contribution in [0.1, 0.15) is 24.8 Å². The fourth-order valence-electron chi connectivity index (χ4n) is 1.98. The number of carbonyl (C=O) groups is 1. The Hall–Kier alpha value is -2.21. The molecule has 0 fully saturated rings. The molecule has 18 heavy (non-hydrogen) atoms. The SMILES string of the molecule is O=C(O)NC1CCC=C(C#Cc2ccccc2)C1. The van der Waals surface area contributed by atoms with Crippen molar-refractivity contribution in [3.8, 4) is 11.8 Å². The molecular formula is C15H15NO2. The number of benzene rings is 1. The molecule has 1 aromatic carbocycles. The van der Waals surface area contributed by atoms with Gasteiger partial charge in [0.05, 0.1) is 0 Å². The largest absolute Gasteiger partial charge is 0.465 e. The third-order valence-corrected chi connectivity index (χ3v) is 2.84. The molecular weight excluding hydrogens is 226 g/mol. The number of allylic oxidation sites excluding steroid dienone is 1. The molecule has 0 saturated carbocycles. The maximum Gasteiger partial charge on any atom is 0.404 e. The lowest BCUT2D eigenvalue weighted by Gasteiger charge is -2.19. The van der Waals surface area contributed by atoms with Crippen LogP contribution in [0.25, 0.3) is 0 Å². The predicted octanol–water partition coefficient (Wildman–Crippen LogP) is 2.78. The maximum atomic E-state index is 10.6. The van der Waals surface area contributed by atoms with Gasteiger partial charge in [-0.15, -0.1) is 0 Å². The zero-order chi connectivity index (χ0) is 12.8. The summed E-state index contributed by atoms with van der Waals surface area (Å²) in [6.45, 7) is 0. The van der Waals surface area contributed by atoms with Crippen LogP contribution in [0.15, 0.2) is 42.0 Å². The van der Waals surface area contributed by atoms with E-state index in [0.29, 0.717) is 6.42 Å².